The van der Waals surface area contributed by atoms with Crippen LogP contribution in [0.5, 0.6) is 0 Å². The van der Waals surface area contributed by atoms with Crippen LogP contribution in [0, 0.1) is 0 Å². The maximum absolute atomic E-state index is 11.6. The second-order valence-corrected chi connectivity index (χ2v) is 4.94. The molecule has 0 fully saturated rings. The molecule has 1 amide bonds. The Morgan fingerprint density at radius 3 is 2.88 bits per heavy atom. The van der Waals surface area contributed by atoms with E-state index in [1.807, 2.05) is 12.1 Å². The standard InChI is InChI=1S/C13H18BrNO2/c1-15(13(17)6-3-9-16)8-7-11-4-2-5-12(14)10-11/h2,4-5,10,16H,3,6-9H2,1H3. The minimum Gasteiger partial charge on any atom is -0.396 e. The molecule has 0 aliphatic carbocycles. The number of rotatable bonds is 6. The largest absolute Gasteiger partial charge is 0.396 e. The third-order valence-electron chi connectivity index (χ3n) is 2.60. The van der Waals surface area contributed by atoms with Crippen molar-refractivity contribution in [2.45, 2.75) is 19.3 Å². The lowest BCUT2D eigenvalue weighted by molar-refractivity contribution is -0.130. The molecule has 0 radical (unpaired) electrons. The third-order valence-corrected chi connectivity index (χ3v) is 3.09. The zero-order valence-electron chi connectivity index (χ0n) is 10.0. The molecule has 0 aromatic heterocycles. The van der Waals surface area contributed by atoms with E-state index in [9.17, 15) is 4.79 Å². The molecule has 0 spiro atoms. The number of carbonyl (C=O) groups is 1. The Bertz CT molecular complexity index is 368. The van der Waals surface area contributed by atoms with Crippen LogP contribution in [-0.2, 0) is 11.2 Å². The van der Waals surface area contributed by atoms with Crippen molar-refractivity contribution in [1.29, 1.82) is 0 Å². The van der Waals surface area contributed by atoms with E-state index >= 15 is 0 Å². The van der Waals surface area contributed by atoms with Crippen molar-refractivity contribution in [3.8, 4) is 0 Å². The Balaban J connectivity index is 2.37. The predicted molar refractivity (Wildman–Crippen MR) is 71.8 cm³/mol. The van der Waals surface area contributed by atoms with Crippen LogP contribution < -0.4 is 0 Å². The average molecular weight is 300 g/mol. The fourth-order valence-corrected chi connectivity index (χ4v) is 1.98. The fourth-order valence-electron chi connectivity index (χ4n) is 1.54. The van der Waals surface area contributed by atoms with Crippen molar-refractivity contribution in [2.24, 2.45) is 0 Å². The molecule has 94 valence electrons. The van der Waals surface area contributed by atoms with E-state index in [0.29, 0.717) is 19.4 Å². The molecule has 0 aliphatic rings. The van der Waals surface area contributed by atoms with Gasteiger partial charge in [0.25, 0.3) is 0 Å². The molecule has 0 saturated heterocycles. The second kappa shape index (κ2) is 7.45. The first-order chi connectivity index (χ1) is 8.13. The highest BCUT2D eigenvalue weighted by atomic mass is 79.9. The highest BCUT2D eigenvalue weighted by molar-refractivity contribution is 9.10. The van der Waals surface area contributed by atoms with E-state index < -0.39 is 0 Å². The van der Waals surface area contributed by atoms with Gasteiger partial charge in [-0.2, -0.15) is 0 Å². The summed E-state index contributed by atoms with van der Waals surface area (Å²) in [5, 5.41) is 8.66. The first-order valence-corrected chi connectivity index (χ1v) is 6.52. The van der Waals surface area contributed by atoms with E-state index in [2.05, 4.69) is 28.1 Å². The molecule has 3 nitrogen and oxygen atoms in total. The van der Waals surface area contributed by atoms with Crippen LogP contribution in [0.15, 0.2) is 28.7 Å². The molecular formula is C13H18BrNO2. The summed E-state index contributed by atoms with van der Waals surface area (Å²) in [4.78, 5) is 13.3. The molecule has 0 unspecified atom stereocenters. The van der Waals surface area contributed by atoms with E-state index in [4.69, 9.17) is 5.11 Å². The maximum atomic E-state index is 11.6. The van der Waals surface area contributed by atoms with Gasteiger partial charge in [-0.25, -0.2) is 0 Å². The first-order valence-electron chi connectivity index (χ1n) is 5.72. The Labute approximate surface area is 111 Å². The highest BCUT2D eigenvalue weighted by Gasteiger charge is 2.07. The van der Waals surface area contributed by atoms with E-state index in [1.165, 1.54) is 5.56 Å². The van der Waals surface area contributed by atoms with Gasteiger partial charge in [0.2, 0.25) is 5.91 Å². The Kier molecular flexibility index (Phi) is 6.22. The van der Waals surface area contributed by atoms with Gasteiger partial charge in [-0.15, -0.1) is 0 Å². The smallest absolute Gasteiger partial charge is 0.222 e. The molecule has 0 atom stereocenters. The molecule has 0 bridgehead atoms. The summed E-state index contributed by atoms with van der Waals surface area (Å²) in [7, 11) is 1.80. The van der Waals surface area contributed by atoms with Gasteiger partial charge in [-0.1, -0.05) is 28.1 Å². The molecule has 0 heterocycles. The number of amides is 1. The van der Waals surface area contributed by atoms with Gasteiger partial charge >= 0.3 is 0 Å². The van der Waals surface area contributed by atoms with Crippen molar-refractivity contribution in [3.05, 3.63) is 34.3 Å². The number of nitrogens with zero attached hydrogens (tertiary/aromatic N) is 1. The molecule has 1 aromatic rings. The van der Waals surface area contributed by atoms with Crippen LogP contribution in [0.4, 0.5) is 0 Å². The zero-order chi connectivity index (χ0) is 12.7. The molecule has 1 aromatic carbocycles. The maximum Gasteiger partial charge on any atom is 0.222 e. The lowest BCUT2D eigenvalue weighted by Crippen LogP contribution is -2.28. The normalized spacial score (nSPS) is 10.3. The van der Waals surface area contributed by atoms with Crippen LogP contribution in [0.1, 0.15) is 18.4 Å². The van der Waals surface area contributed by atoms with Crippen molar-refractivity contribution in [2.75, 3.05) is 20.2 Å². The number of aliphatic hydroxyl groups excluding tert-OH is 1. The first kappa shape index (κ1) is 14.2. The lowest BCUT2D eigenvalue weighted by Gasteiger charge is -2.17. The van der Waals surface area contributed by atoms with E-state index in [-0.39, 0.29) is 12.5 Å². The van der Waals surface area contributed by atoms with E-state index in [0.717, 1.165) is 10.9 Å². The number of hydrogen-bond acceptors (Lipinski definition) is 2. The van der Waals surface area contributed by atoms with Crippen molar-refractivity contribution in [3.63, 3.8) is 0 Å². The second-order valence-electron chi connectivity index (χ2n) is 4.02. The monoisotopic (exact) mass is 299 g/mol. The lowest BCUT2D eigenvalue weighted by atomic mass is 10.1. The van der Waals surface area contributed by atoms with Crippen LogP contribution in [-0.4, -0.2) is 36.1 Å². The molecule has 1 rings (SSSR count). The number of likely N-dealkylation sites (N-methyl/N-ethyl adjacent to an activating group) is 1. The topological polar surface area (TPSA) is 40.5 Å². The van der Waals surface area contributed by atoms with Gasteiger partial charge in [-0.05, 0) is 30.5 Å². The van der Waals surface area contributed by atoms with Gasteiger partial charge in [-0.3, -0.25) is 4.79 Å². The molecule has 4 heteroatoms. The summed E-state index contributed by atoms with van der Waals surface area (Å²) in [5.74, 6) is 0.0917. The minimum absolute atomic E-state index is 0.0746. The fraction of sp³-hybridized carbons (Fsp3) is 0.462. The number of aliphatic hydroxyl groups is 1. The van der Waals surface area contributed by atoms with Crippen LogP contribution >= 0.6 is 15.9 Å². The van der Waals surface area contributed by atoms with E-state index in [1.54, 1.807) is 11.9 Å². The summed E-state index contributed by atoms with van der Waals surface area (Å²) >= 11 is 3.42. The summed E-state index contributed by atoms with van der Waals surface area (Å²) < 4.78 is 1.06. The van der Waals surface area contributed by atoms with Crippen molar-refractivity contribution < 1.29 is 9.90 Å². The summed E-state index contributed by atoms with van der Waals surface area (Å²) in [6, 6.07) is 8.09. The summed E-state index contributed by atoms with van der Waals surface area (Å²) in [5.41, 5.74) is 1.21. The molecule has 0 aliphatic heterocycles. The van der Waals surface area contributed by atoms with Gasteiger partial charge < -0.3 is 10.0 Å². The zero-order valence-corrected chi connectivity index (χ0v) is 11.6. The Hall–Kier alpha value is -0.870. The Morgan fingerprint density at radius 2 is 2.24 bits per heavy atom. The summed E-state index contributed by atoms with van der Waals surface area (Å²) in [6.45, 7) is 0.784. The highest BCUT2D eigenvalue weighted by Crippen LogP contribution is 2.12. The van der Waals surface area contributed by atoms with Crippen LogP contribution in [0.2, 0.25) is 0 Å². The van der Waals surface area contributed by atoms with Crippen LogP contribution in [0.25, 0.3) is 0 Å². The van der Waals surface area contributed by atoms with Crippen LogP contribution in [0.3, 0.4) is 0 Å². The minimum atomic E-state index is 0.0746. The number of carbonyl (C=O) groups excluding carboxylic acids is 1. The average Bonchev–Trinajstić information content (AvgIpc) is 2.33. The van der Waals surface area contributed by atoms with Crippen molar-refractivity contribution >= 4 is 21.8 Å². The number of halogens is 1. The SMILES string of the molecule is CN(CCc1cccc(Br)c1)C(=O)CCCO. The van der Waals surface area contributed by atoms with Gasteiger partial charge in [0, 0.05) is 31.1 Å². The summed E-state index contributed by atoms with van der Waals surface area (Å²) in [6.07, 6.45) is 1.81. The number of benzene rings is 1. The van der Waals surface area contributed by atoms with Gasteiger partial charge in [0.1, 0.15) is 0 Å². The van der Waals surface area contributed by atoms with Gasteiger partial charge in [0.05, 0.1) is 0 Å². The number of hydrogen-bond donors (Lipinski definition) is 1. The Morgan fingerprint density at radius 1 is 1.47 bits per heavy atom. The predicted octanol–water partition coefficient (Wildman–Crippen LogP) is 2.22. The van der Waals surface area contributed by atoms with Crippen molar-refractivity contribution in [1.82, 2.24) is 4.90 Å². The molecule has 0 saturated carbocycles. The van der Waals surface area contributed by atoms with Gasteiger partial charge in [0.15, 0.2) is 0 Å². The third kappa shape index (κ3) is 5.33. The molecule has 17 heavy (non-hydrogen) atoms. The molecular weight excluding hydrogens is 282 g/mol. The quantitative estimate of drug-likeness (QED) is 0.875. The molecule has 1 N–H and O–H groups in total.